The number of rotatable bonds is 12. The maximum atomic E-state index is 12.2. The van der Waals surface area contributed by atoms with E-state index in [2.05, 4.69) is 19.2 Å². The fourth-order valence-corrected chi connectivity index (χ4v) is 2.61. The van der Waals surface area contributed by atoms with Gasteiger partial charge in [-0.25, -0.2) is 4.79 Å². The second kappa shape index (κ2) is 9.91. The molecule has 0 saturated carbocycles. The number of hydrogen-bond donors (Lipinski definition) is 2. The number of carboxylic acids is 1. The van der Waals surface area contributed by atoms with Gasteiger partial charge in [-0.2, -0.15) is 0 Å². The topological polar surface area (TPSA) is 66.4 Å². The molecule has 0 rings (SSSR count). The maximum Gasteiger partial charge on any atom is 0.365 e. The van der Waals surface area contributed by atoms with Crippen molar-refractivity contribution in [1.29, 1.82) is 0 Å². The molecule has 0 spiro atoms. The molecule has 2 N–H and O–H groups in total. The van der Waals surface area contributed by atoms with Gasteiger partial charge < -0.3 is 10.4 Å². The van der Waals surface area contributed by atoms with Crippen molar-refractivity contribution >= 4 is 11.9 Å². The maximum absolute atomic E-state index is 12.2. The number of nitrogens with zero attached hydrogens (tertiary/aromatic N) is 1. The molecular weight excluding hydrogens is 292 g/mol. The van der Waals surface area contributed by atoms with Crippen LogP contribution in [0.2, 0.25) is 0 Å². The van der Waals surface area contributed by atoms with E-state index in [1.165, 1.54) is 19.3 Å². The third kappa shape index (κ3) is 6.50. The molecule has 136 valence electrons. The smallest absolute Gasteiger partial charge is 0.365 e. The summed E-state index contributed by atoms with van der Waals surface area (Å²) in [7, 11) is 3.77. The molecule has 1 unspecified atom stereocenters. The number of carbonyl (C=O) groups is 2. The zero-order valence-electron chi connectivity index (χ0n) is 15.9. The second-order valence-corrected chi connectivity index (χ2v) is 7.44. The normalized spacial score (nSPS) is 13.7. The summed E-state index contributed by atoms with van der Waals surface area (Å²) in [5, 5.41) is 12.6. The predicted molar refractivity (Wildman–Crippen MR) is 94.0 cm³/mol. The van der Waals surface area contributed by atoms with Crippen molar-refractivity contribution in [2.75, 3.05) is 14.1 Å². The molecule has 0 aliphatic rings. The average Bonchev–Trinajstić information content (AvgIpc) is 2.46. The Labute approximate surface area is 142 Å². The Bertz CT molecular complexity index is 378. The van der Waals surface area contributed by atoms with E-state index in [4.69, 9.17) is 0 Å². The zero-order chi connectivity index (χ0) is 18.1. The van der Waals surface area contributed by atoms with Gasteiger partial charge in [0.25, 0.3) is 0 Å². The minimum absolute atomic E-state index is 0.0346. The number of carboxylic acid groups (broad SMARTS) is 1. The Balaban J connectivity index is 4.73. The lowest BCUT2D eigenvalue weighted by Gasteiger charge is -2.47. The third-order valence-electron chi connectivity index (χ3n) is 5.14. The standard InChI is InChI=1S/C18H36N2O3/c1-7-9-10-11-12-14-16(21)19-15(13-8-2)20(5,6)18(3,4)17(22)23/h15H,7-14H2,1-6H3,(H-,19,21,22,23)/p+1. The largest absolute Gasteiger partial charge is 0.477 e. The van der Waals surface area contributed by atoms with Gasteiger partial charge in [0, 0.05) is 26.7 Å². The fraction of sp³-hybridized carbons (Fsp3) is 0.889. The Morgan fingerprint density at radius 2 is 1.61 bits per heavy atom. The Morgan fingerprint density at radius 3 is 2.09 bits per heavy atom. The van der Waals surface area contributed by atoms with Crippen LogP contribution >= 0.6 is 0 Å². The molecule has 0 aromatic heterocycles. The number of aliphatic carboxylic acids is 1. The van der Waals surface area contributed by atoms with E-state index in [1.54, 1.807) is 13.8 Å². The van der Waals surface area contributed by atoms with Gasteiger partial charge in [0.2, 0.25) is 5.91 Å². The quantitative estimate of drug-likeness (QED) is 0.327. The molecule has 0 radical (unpaired) electrons. The Morgan fingerprint density at radius 1 is 1.04 bits per heavy atom. The van der Waals surface area contributed by atoms with Gasteiger partial charge in [0.15, 0.2) is 11.7 Å². The molecule has 5 heteroatoms. The number of quaternary nitrogens is 1. The molecule has 0 saturated heterocycles. The highest BCUT2D eigenvalue weighted by Gasteiger charge is 2.48. The minimum Gasteiger partial charge on any atom is -0.477 e. The number of likely N-dealkylation sites (N-methyl/N-ethyl adjacent to an activating group) is 1. The molecule has 1 atom stereocenters. The minimum atomic E-state index is -0.964. The lowest BCUT2D eigenvalue weighted by atomic mass is 9.98. The van der Waals surface area contributed by atoms with E-state index >= 15 is 0 Å². The van der Waals surface area contributed by atoms with Crippen molar-refractivity contribution in [1.82, 2.24) is 5.32 Å². The van der Waals surface area contributed by atoms with Gasteiger partial charge in [-0.05, 0) is 12.8 Å². The number of amides is 1. The third-order valence-corrected chi connectivity index (χ3v) is 5.14. The van der Waals surface area contributed by atoms with Crippen LogP contribution in [0.5, 0.6) is 0 Å². The lowest BCUT2D eigenvalue weighted by Crippen LogP contribution is -2.69. The molecule has 0 heterocycles. The van der Waals surface area contributed by atoms with Gasteiger partial charge in [-0.1, -0.05) is 39.5 Å². The number of carbonyl (C=O) groups excluding carboxylic acids is 1. The van der Waals surface area contributed by atoms with Crippen LogP contribution in [0.4, 0.5) is 0 Å². The summed E-state index contributed by atoms with van der Waals surface area (Å²) in [6, 6.07) is 0. The lowest BCUT2D eigenvalue weighted by molar-refractivity contribution is -0.953. The molecule has 0 bridgehead atoms. The summed E-state index contributed by atoms with van der Waals surface area (Å²) in [5.74, 6) is -0.815. The molecule has 0 aromatic carbocycles. The van der Waals surface area contributed by atoms with Gasteiger partial charge >= 0.3 is 5.97 Å². The molecule has 0 aliphatic heterocycles. The SMILES string of the molecule is CCCCCCCC(=O)NC(CCC)[N+](C)(C)C(C)(C)C(=O)O. The molecule has 0 fully saturated rings. The van der Waals surface area contributed by atoms with Gasteiger partial charge in [0.1, 0.15) is 0 Å². The van der Waals surface area contributed by atoms with Crippen LogP contribution in [-0.2, 0) is 9.59 Å². The van der Waals surface area contributed by atoms with Crippen LogP contribution in [0.15, 0.2) is 0 Å². The van der Waals surface area contributed by atoms with Crippen molar-refractivity contribution in [2.24, 2.45) is 0 Å². The van der Waals surface area contributed by atoms with Crippen molar-refractivity contribution in [2.45, 2.75) is 90.8 Å². The molecule has 5 nitrogen and oxygen atoms in total. The molecule has 0 aliphatic carbocycles. The van der Waals surface area contributed by atoms with E-state index in [0.717, 1.165) is 25.7 Å². The molecule has 23 heavy (non-hydrogen) atoms. The van der Waals surface area contributed by atoms with Crippen LogP contribution in [0.3, 0.4) is 0 Å². The molecular formula is C18H37N2O3+. The summed E-state index contributed by atoms with van der Waals surface area (Å²) >= 11 is 0. The van der Waals surface area contributed by atoms with Crippen LogP contribution in [0.1, 0.15) is 79.1 Å². The van der Waals surface area contributed by atoms with E-state index in [-0.39, 0.29) is 16.6 Å². The Kier molecular flexibility index (Phi) is 9.44. The van der Waals surface area contributed by atoms with E-state index in [9.17, 15) is 14.7 Å². The van der Waals surface area contributed by atoms with Crippen LogP contribution in [-0.4, -0.2) is 47.3 Å². The average molecular weight is 330 g/mol. The van der Waals surface area contributed by atoms with Crippen LogP contribution in [0, 0.1) is 0 Å². The summed E-state index contributed by atoms with van der Waals surface area (Å²) in [4.78, 5) is 23.8. The first-order chi connectivity index (χ1) is 10.6. The molecule has 0 aromatic rings. The predicted octanol–water partition coefficient (Wildman–Crippen LogP) is 3.53. The summed E-state index contributed by atoms with van der Waals surface area (Å²) < 4.78 is 0.234. The number of nitrogens with one attached hydrogen (secondary N) is 1. The van der Waals surface area contributed by atoms with Crippen LogP contribution in [0.25, 0.3) is 0 Å². The molecule has 1 amide bonds. The second-order valence-electron chi connectivity index (χ2n) is 7.44. The zero-order valence-corrected chi connectivity index (χ0v) is 15.9. The first kappa shape index (κ1) is 21.9. The van der Waals surface area contributed by atoms with Crippen molar-refractivity contribution in [3.63, 3.8) is 0 Å². The van der Waals surface area contributed by atoms with Gasteiger partial charge in [0.05, 0.1) is 14.1 Å². The van der Waals surface area contributed by atoms with Gasteiger partial charge in [-0.15, -0.1) is 0 Å². The van der Waals surface area contributed by atoms with E-state index in [1.807, 2.05) is 14.1 Å². The summed E-state index contributed by atoms with van der Waals surface area (Å²) in [6.45, 7) is 7.66. The van der Waals surface area contributed by atoms with Crippen molar-refractivity contribution < 1.29 is 19.2 Å². The number of hydrogen-bond acceptors (Lipinski definition) is 2. The van der Waals surface area contributed by atoms with Crippen molar-refractivity contribution in [3.8, 4) is 0 Å². The Hall–Kier alpha value is -1.10. The highest BCUT2D eigenvalue weighted by molar-refractivity contribution is 5.77. The van der Waals surface area contributed by atoms with E-state index < -0.39 is 11.5 Å². The van der Waals surface area contributed by atoms with Gasteiger partial charge in [-0.3, -0.25) is 9.28 Å². The fourth-order valence-electron chi connectivity index (χ4n) is 2.61. The van der Waals surface area contributed by atoms with Crippen LogP contribution < -0.4 is 5.32 Å². The number of unbranched alkanes of at least 4 members (excludes halogenated alkanes) is 4. The monoisotopic (exact) mass is 329 g/mol. The van der Waals surface area contributed by atoms with Crippen molar-refractivity contribution in [3.05, 3.63) is 0 Å². The highest BCUT2D eigenvalue weighted by atomic mass is 16.4. The highest BCUT2D eigenvalue weighted by Crippen LogP contribution is 2.25. The van der Waals surface area contributed by atoms with E-state index in [0.29, 0.717) is 6.42 Å². The first-order valence-corrected chi connectivity index (χ1v) is 8.97. The summed E-state index contributed by atoms with van der Waals surface area (Å²) in [6.07, 6.45) is 7.59. The summed E-state index contributed by atoms with van der Waals surface area (Å²) in [5.41, 5.74) is -0.964. The first-order valence-electron chi connectivity index (χ1n) is 8.97.